The summed E-state index contributed by atoms with van der Waals surface area (Å²) >= 11 is 0. The molecule has 2 bridgehead atoms. The number of fused-ring (bicyclic) bond motifs is 5. The number of hydrogen-bond acceptors (Lipinski definition) is 2. The molecular formula is C16H12F3NO2. The Morgan fingerprint density at radius 3 is 2.14 bits per heavy atom. The van der Waals surface area contributed by atoms with Gasteiger partial charge in [0.25, 0.3) is 0 Å². The largest absolute Gasteiger partial charge is 0.416 e. The fourth-order valence-electron chi connectivity index (χ4n) is 3.98. The Balaban J connectivity index is 1.73. The van der Waals surface area contributed by atoms with Crippen molar-refractivity contribution < 1.29 is 22.8 Å². The van der Waals surface area contributed by atoms with Gasteiger partial charge in [-0.15, -0.1) is 0 Å². The number of anilines is 1. The van der Waals surface area contributed by atoms with E-state index in [0.717, 1.165) is 23.5 Å². The van der Waals surface area contributed by atoms with E-state index in [-0.39, 0.29) is 29.3 Å². The van der Waals surface area contributed by atoms with Crippen LogP contribution in [0.15, 0.2) is 36.4 Å². The van der Waals surface area contributed by atoms with Crippen molar-refractivity contribution in [2.24, 2.45) is 23.7 Å². The molecule has 0 spiro atoms. The molecule has 22 heavy (non-hydrogen) atoms. The molecule has 1 aromatic rings. The molecular weight excluding hydrogens is 295 g/mol. The van der Waals surface area contributed by atoms with Crippen LogP contribution < -0.4 is 4.90 Å². The molecule has 1 aliphatic heterocycles. The smallest absolute Gasteiger partial charge is 0.274 e. The molecule has 1 heterocycles. The van der Waals surface area contributed by atoms with Gasteiger partial charge in [0.15, 0.2) is 0 Å². The second kappa shape index (κ2) is 4.21. The summed E-state index contributed by atoms with van der Waals surface area (Å²) in [5.74, 6) is -1.46. The van der Waals surface area contributed by atoms with E-state index in [1.807, 2.05) is 12.2 Å². The molecule has 114 valence electrons. The van der Waals surface area contributed by atoms with E-state index in [1.165, 1.54) is 12.1 Å². The van der Waals surface area contributed by atoms with E-state index in [9.17, 15) is 22.8 Å². The van der Waals surface area contributed by atoms with Crippen LogP contribution in [0.2, 0.25) is 0 Å². The van der Waals surface area contributed by atoms with Gasteiger partial charge in [-0.05, 0) is 36.5 Å². The van der Waals surface area contributed by atoms with Crippen LogP contribution in [-0.2, 0) is 15.8 Å². The molecule has 1 saturated heterocycles. The lowest BCUT2D eigenvalue weighted by Gasteiger charge is -2.18. The minimum Gasteiger partial charge on any atom is -0.274 e. The Bertz CT molecular complexity index is 680. The molecule has 2 aliphatic carbocycles. The Hall–Kier alpha value is -2.11. The highest BCUT2D eigenvalue weighted by atomic mass is 19.4. The molecule has 2 amide bonds. The van der Waals surface area contributed by atoms with E-state index >= 15 is 0 Å². The maximum atomic E-state index is 12.8. The molecule has 0 N–H and O–H groups in total. The predicted molar refractivity (Wildman–Crippen MR) is 71.7 cm³/mol. The quantitative estimate of drug-likeness (QED) is 0.591. The van der Waals surface area contributed by atoms with Gasteiger partial charge in [0.05, 0.1) is 23.1 Å². The highest BCUT2D eigenvalue weighted by molar-refractivity contribution is 6.22. The summed E-state index contributed by atoms with van der Waals surface area (Å²) in [6.45, 7) is 0. The second-order valence-electron chi connectivity index (χ2n) is 6.06. The standard InChI is InChI=1S/C16H12F3NO2/c17-16(18,19)10-2-1-3-11(7-10)20-14(21)12-8-4-5-9(6-8)13(12)15(20)22/h1-5,7-9,12-13H,6H2/t8-,9+,12?,13?. The molecule has 4 atom stereocenters. The number of nitrogens with zero attached hydrogens (tertiary/aromatic N) is 1. The Morgan fingerprint density at radius 1 is 1.00 bits per heavy atom. The van der Waals surface area contributed by atoms with Gasteiger partial charge in [-0.2, -0.15) is 13.2 Å². The summed E-state index contributed by atoms with van der Waals surface area (Å²) < 4.78 is 38.4. The van der Waals surface area contributed by atoms with Crippen molar-refractivity contribution in [1.29, 1.82) is 0 Å². The van der Waals surface area contributed by atoms with Gasteiger partial charge in [0, 0.05) is 0 Å². The van der Waals surface area contributed by atoms with Gasteiger partial charge in [-0.1, -0.05) is 18.2 Å². The van der Waals surface area contributed by atoms with E-state index in [2.05, 4.69) is 0 Å². The van der Waals surface area contributed by atoms with Crippen molar-refractivity contribution in [1.82, 2.24) is 0 Å². The number of halogens is 3. The Labute approximate surface area is 124 Å². The monoisotopic (exact) mass is 307 g/mol. The third kappa shape index (κ3) is 1.69. The minimum absolute atomic E-state index is 0.0126. The van der Waals surface area contributed by atoms with Crippen molar-refractivity contribution in [3.63, 3.8) is 0 Å². The molecule has 2 unspecified atom stereocenters. The number of imide groups is 1. The maximum absolute atomic E-state index is 12.8. The van der Waals surface area contributed by atoms with Crippen LogP contribution in [0.5, 0.6) is 0 Å². The summed E-state index contributed by atoms with van der Waals surface area (Å²) in [5.41, 5.74) is -0.845. The molecule has 1 aromatic carbocycles. The first-order chi connectivity index (χ1) is 10.4. The Kier molecular flexibility index (Phi) is 2.59. The van der Waals surface area contributed by atoms with E-state index in [0.29, 0.717) is 0 Å². The van der Waals surface area contributed by atoms with E-state index in [1.54, 1.807) is 0 Å². The first-order valence-electron chi connectivity index (χ1n) is 7.11. The van der Waals surface area contributed by atoms with Crippen molar-refractivity contribution in [2.45, 2.75) is 12.6 Å². The fourth-order valence-corrected chi connectivity index (χ4v) is 3.98. The van der Waals surface area contributed by atoms with Crippen LogP contribution in [0.25, 0.3) is 0 Å². The summed E-state index contributed by atoms with van der Waals surface area (Å²) in [7, 11) is 0. The lowest BCUT2D eigenvalue weighted by molar-refractivity contribution is -0.137. The van der Waals surface area contributed by atoms with Crippen molar-refractivity contribution in [2.75, 3.05) is 4.90 Å². The average molecular weight is 307 g/mol. The Morgan fingerprint density at radius 2 is 1.59 bits per heavy atom. The van der Waals surface area contributed by atoms with Gasteiger partial charge >= 0.3 is 6.18 Å². The zero-order valence-electron chi connectivity index (χ0n) is 11.4. The number of amides is 2. The van der Waals surface area contributed by atoms with Gasteiger partial charge in [0.1, 0.15) is 0 Å². The van der Waals surface area contributed by atoms with Crippen molar-refractivity contribution in [3.8, 4) is 0 Å². The maximum Gasteiger partial charge on any atom is 0.416 e. The molecule has 1 saturated carbocycles. The normalized spacial score (nSPS) is 33.0. The summed E-state index contributed by atoms with van der Waals surface area (Å²) in [4.78, 5) is 26.0. The van der Waals surface area contributed by atoms with E-state index < -0.39 is 23.6 Å². The van der Waals surface area contributed by atoms with Crippen molar-refractivity contribution in [3.05, 3.63) is 42.0 Å². The first-order valence-corrected chi connectivity index (χ1v) is 7.11. The van der Waals surface area contributed by atoms with Crippen LogP contribution in [0.3, 0.4) is 0 Å². The third-order valence-corrected chi connectivity index (χ3v) is 4.90. The second-order valence-corrected chi connectivity index (χ2v) is 6.06. The van der Waals surface area contributed by atoms with Gasteiger partial charge in [-0.25, -0.2) is 0 Å². The van der Waals surface area contributed by atoms with Crippen LogP contribution in [0.1, 0.15) is 12.0 Å². The SMILES string of the molecule is O=C1C2C(C(=O)N1c1cccc(C(F)(F)F)c1)[C@H]1C=C[C@@H]2C1. The zero-order valence-corrected chi connectivity index (χ0v) is 11.4. The molecule has 0 radical (unpaired) electrons. The molecule has 2 fully saturated rings. The van der Waals surface area contributed by atoms with Gasteiger partial charge < -0.3 is 0 Å². The van der Waals surface area contributed by atoms with Crippen LogP contribution in [0.4, 0.5) is 18.9 Å². The lowest BCUT2D eigenvalue weighted by Crippen LogP contribution is -2.33. The number of allylic oxidation sites excluding steroid dienone is 2. The lowest BCUT2D eigenvalue weighted by atomic mass is 9.85. The molecule has 0 aromatic heterocycles. The number of carbonyl (C=O) groups excluding carboxylic acids is 2. The van der Waals surface area contributed by atoms with Gasteiger partial charge in [0.2, 0.25) is 11.8 Å². The van der Waals surface area contributed by atoms with Crippen LogP contribution in [-0.4, -0.2) is 11.8 Å². The highest BCUT2D eigenvalue weighted by Crippen LogP contribution is 2.53. The third-order valence-electron chi connectivity index (χ3n) is 4.90. The number of hydrogen-bond donors (Lipinski definition) is 0. The number of rotatable bonds is 1. The first kappa shape index (κ1) is 13.5. The molecule has 6 heteroatoms. The highest BCUT2D eigenvalue weighted by Gasteiger charge is 2.59. The average Bonchev–Trinajstić information content (AvgIpc) is 3.12. The van der Waals surface area contributed by atoms with E-state index in [4.69, 9.17) is 0 Å². The molecule has 4 rings (SSSR count). The minimum atomic E-state index is -4.50. The zero-order chi connectivity index (χ0) is 15.6. The number of carbonyl (C=O) groups is 2. The number of benzene rings is 1. The predicted octanol–water partition coefficient (Wildman–Crippen LogP) is 3.02. The molecule has 3 nitrogen and oxygen atoms in total. The topological polar surface area (TPSA) is 37.4 Å². The van der Waals surface area contributed by atoms with Gasteiger partial charge in [-0.3, -0.25) is 14.5 Å². The molecule has 3 aliphatic rings. The summed E-state index contributed by atoms with van der Waals surface area (Å²) in [6, 6.07) is 4.40. The van der Waals surface area contributed by atoms with Crippen LogP contribution >= 0.6 is 0 Å². The number of alkyl halides is 3. The summed E-state index contributed by atoms with van der Waals surface area (Å²) in [5, 5.41) is 0. The van der Waals surface area contributed by atoms with Crippen LogP contribution in [0, 0.1) is 23.7 Å². The fraction of sp³-hybridized carbons (Fsp3) is 0.375. The van der Waals surface area contributed by atoms with Crippen molar-refractivity contribution >= 4 is 17.5 Å². The summed E-state index contributed by atoms with van der Waals surface area (Å²) in [6.07, 6.45) is 0.195.